The first kappa shape index (κ1) is 25.7. The van der Waals surface area contributed by atoms with E-state index in [0.717, 1.165) is 22.7 Å². The minimum absolute atomic E-state index is 0.00647. The maximum Gasteiger partial charge on any atom is 0.299 e. The van der Waals surface area contributed by atoms with Crippen molar-refractivity contribution in [3.8, 4) is 15.8 Å². The third kappa shape index (κ3) is 6.16. The fourth-order valence-corrected chi connectivity index (χ4v) is 6.21. The number of aromatic nitrogens is 1. The Morgan fingerprint density at radius 2 is 1.74 bits per heavy atom. The van der Waals surface area contributed by atoms with Crippen LogP contribution in [0.15, 0.2) is 30.0 Å². The standard InChI is InChI=1S/C28H32N2O2S2/c1-5-7-8-9-16-30-21(4)25(6-2)20(3)26(30)13-10-23-11-14-27(33-23)28-15-12-24(34-28)17-22(18-29)32-19-31/h10-15,17,19H,5-9,16H2,1-4H3/b13-10+,22-17-. The fourth-order valence-electron chi connectivity index (χ4n) is 4.27. The molecule has 0 N–H and O–H groups in total. The van der Waals surface area contributed by atoms with E-state index in [9.17, 15) is 4.79 Å². The Morgan fingerprint density at radius 1 is 1.03 bits per heavy atom. The van der Waals surface area contributed by atoms with Gasteiger partial charge in [0.15, 0.2) is 0 Å². The maximum absolute atomic E-state index is 10.5. The summed E-state index contributed by atoms with van der Waals surface area (Å²) >= 11 is 3.32. The van der Waals surface area contributed by atoms with E-state index in [4.69, 9.17) is 5.26 Å². The van der Waals surface area contributed by atoms with Crippen LogP contribution in [0.2, 0.25) is 0 Å². The molecule has 0 saturated carbocycles. The highest BCUT2D eigenvalue weighted by molar-refractivity contribution is 7.22. The summed E-state index contributed by atoms with van der Waals surface area (Å²) in [5, 5.41) is 9.04. The zero-order chi connectivity index (χ0) is 24.5. The van der Waals surface area contributed by atoms with Gasteiger partial charge in [-0.15, -0.1) is 22.7 Å². The molecule has 178 valence electrons. The smallest absolute Gasteiger partial charge is 0.299 e. The number of hydrogen-bond acceptors (Lipinski definition) is 5. The summed E-state index contributed by atoms with van der Waals surface area (Å²) in [6, 6.07) is 10.1. The predicted octanol–water partition coefficient (Wildman–Crippen LogP) is 8.25. The molecule has 0 aliphatic heterocycles. The van der Waals surface area contributed by atoms with E-state index in [1.165, 1.54) is 58.0 Å². The van der Waals surface area contributed by atoms with Gasteiger partial charge in [-0.05, 0) is 74.2 Å². The maximum atomic E-state index is 10.5. The molecule has 0 saturated heterocycles. The van der Waals surface area contributed by atoms with Gasteiger partial charge >= 0.3 is 0 Å². The number of nitriles is 1. The van der Waals surface area contributed by atoms with Crippen molar-refractivity contribution in [3.05, 3.63) is 62.3 Å². The summed E-state index contributed by atoms with van der Waals surface area (Å²) < 4.78 is 7.18. The minimum Gasteiger partial charge on any atom is -0.417 e. The van der Waals surface area contributed by atoms with Crippen LogP contribution in [-0.4, -0.2) is 11.0 Å². The van der Waals surface area contributed by atoms with Crippen LogP contribution in [-0.2, 0) is 22.5 Å². The van der Waals surface area contributed by atoms with Crippen LogP contribution >= 0.6 is 22.7 Å². The summed E-state index contributed by atoms with van der Waals surface area (Å²) in [5.41, 5.74) is 5.58. The van der Waals surface area contributed by atoms with Gasteiger partial charge in [0.25, 0.3) is 6.47 Å². The Kier molecular flexibility index (Phi) is 9.50. The van der Waals surface area contributed by atoms with Crippen LogP contribution in [0.3, 0.4) is 0 Å². The average Bonchev–Trinajstić information content (AvgIpc) is 3.54. The molecule has 4 nitrogen and oxygen atoms in total. The van der Waals surface area contributed by atoms with Crippen molar-refractivity contribution in [2.75, 3.05) is 0 Å². The normalized spacial score (nSPS) is 11.8. The number of thiophene rings is 2. The quantitative estimate of drug-likeness (QED) is 0.111. The molecule has 3 heterocycles. The third-order valence-corrected chi connectivity index (χ3v) is 8.30. The minimum atomic E-state index is -0.00647. The van der Waals surface area contributed by atoms with Gasteiger partial charge in [0.05, 0.1) is 0 Å². The molecule has 0 aliphatic rings. The third-order valence-electron chi connectivity index (χ3n) is 6.02. The number of carbonyl (C=O) groups is 1. The Hall–Kier alpha value is -2.88. The van der Waals surface area contributed by atoms with Crippen LogP contribution in [0.25, 0.3) is 28.0 Å². The molecule has 0 aromatic carbocycles. The highest BCUT2D eigenvalue weighted by Crippen LogP contribution is 2.35. The second-order valence-electron chi connectivity index (χ2n) is 8.21. The molecule has 0 unspecified atom stereocenters. The van der Waals surface area contributed by atoms with Crippen molar-refractivity contribution < 1.29 is 9.53 Å². The van der Waals surface area contributed by atoms with Crippen molar-refractivity contribution in [1.82, 2.24) is 4.57 Å². The summed E-state index contributed by atoms with van der Waals surface area (Å²) in [4.78, 5) is 14.9. The van der Waals surface area contributed by atoms with E-state index < -0.39 is 0 Å². The van der Waals surface area contributed by atoms with E-state index in [1.54, 1.807) is 28.7 Å². The topological polar surface area (TPSA) is 55.0 Å². The Balaban J connectivity index is 1.80. The Labute approximate surface area is 210 Å². The van der Waals surface area contributed by atoms with Crippen LogP contribution in [0.4, 0.5) is 0 Å². The lowest BCUT2D eigenvalue weighted by Gasteiger charge is -2.10. The van der Waals surface area contributed by atoms with Gasteiger partial charge in [-0.1, -0.05) is 33.1 Å². The lowest BCUT2D eigenvalue weighted by molar-refractivity contribution is -0.124. The highest BCUT2D eigenvalue weighted by Gasteiger charge is 2.14. The molecule has 0 bridgehead atoms. The Bertz CT molecular complexity index is 1220. The van der Waals surface area contributed by atoms with Crippen molar-refractivity contribution in [2.24, 2.45) is 0 Å². The first-order valence-electron chi connectivity index (χ1n) is 11.8. The molecule has 0 spiro atoms. The van der Waals surface area contributed by atoms with Gasteiger partial charge < -0.3 is 9.30 Å². The second-order valence-corrected chi connectivity index (χ2v) is 10.4. The molecule has 3 aromatic heterocycles. The summed E-state index contributed by atoms with van der Waals surface area (Å²) in [6.45, 7) is 10.3. The SMILES string of the molecule is CCCCCCn1c(C)c(CC)c(C)c1/C=C/c1ccc(-c2ccc(/C=C(/C#N)OC=O)s2)s1. The van der Waals surface area contributed by atoms with Crippen molar-refractivity contribution in [2.45, 2.75) is 66.3 Å². The van der Waals surface area contributed by atoms with Crippen LogP contribution < -0.4 is 0 Å². The van der Waals surface area contributed by atoms with Gasteiger partial charge in [0.2, 0.25) is 5.76 Å². The molecular formula is C28H32N2O2S2. The molecule has 6 heteroatoms. The van der Waals surface area contributed by atoms with Crippen molar-refractivity contribution >= 4 is 47.4 Å². The highest BCUT2D eigenvalue weighted by atomic mass is 32.1. The molecule has 3 rings (SSSR count). The molecule has 34 heavy (non-hydrogen) atoms. The molecule has 0 fully saturated rings. The number of hydrogen-bond donors (Lipinski definition) is 0. The lowest BCUT2D eigenvalue weighted by Crippen LogP contribution is -2.03. The number of rotatable bonds is 12. The molecule has 0 amide bonds. The van der Waals surface area contributed by atoms with E-state index >= 15 is 0 Å². The average molecular weight is 493 g/mol. The molecule has 0 radical (unpaired) electrons. The molecular weight excluding hydrogens is 460 g/mol. The molecule has 3 aromatic rings. The zero-order valence-electron chi connectivity index (χ0n) is 20.4. The van der Waals surface area contributed by atoms with Gasteiger partial charge in [0.1, 0.15) is 6.07 Å². The molecule has 0 atom stereocenters. The summed E-state index contributed by atoms with van der Waals surface area (Å²) in [7, 11) is 0. The van der Waals surface area contributed by atoms with E-state index in [2.05, 4.69) is 61.3 Å². The van der Waals surface area contributed by atoms with Crippen LogP contribution in [0, 0.1) is 25.2 Å². The Morgan fingerprint density at radius 3 is 2.38 bits per heavy atom. The zero-order valence-corrected chi connectivity index (χ0v) is 22.0. The van der Waals surface area contributed by atoms with E-state index in [0.29, 0.717) is 0 Å². The number of unbranched alkanes of at least 4 members (excludes halogenated alkanes) is 3. The van der Waals surface area contributed by atoms with Gasteiger partial charge in [0, 0.05) is 43.5 Å². The summed E-state index contributed by atoms with van der Waals surface area (Å²) in [5.74, 6) is -0.00647. The van der Waals surface area contributed by atoms with E-state index in [1.807, 2.05) is 18.2 Å². The van der Waals surface area contributed by atoms with Gasteiger partial charge in [-0.25, -0.2) is 0 Å². The second kappa shape index (κ2) is 12.5. The monoisotopic (exact) mass is 492 g/mol. The van der Waals surface area contributed by atoms with Crippen molar-refractivity contribution in [1.29, 1.82) is 5.26 Å². The van der Waals surface area contributed by atoms with Gasteiger partial charge in [-0.2, -0.15) is 5.26 Å². The number of allylic oxidation sites excluding steroid dienone is 1. The summed E-state index contributed by atoms with van der Waals surface area (Å²) in [6.07, 6.45) is 12.2. The number of nitrogens with zero attached hydrogens (tertiary/aromatic N) is 2. The largest absolute Gasteiger partial charge is 0.417 e. The van der Waals surface area contributed by atoms with E-state index in [-0.39, 0.29) is 12.2 Å². The first-order chi connectivity index (χ1) is 16.5. The van der Waals surface area contributed by atoms with Crippen molar-refractivity contribution in [3.63, 3.8) is 0 Å². The van der Waals surface area contributed by atoms with Crippen LogP contribution in [0.5, 0.6) is 0 Å². The predicted molar refractivity (Wildman–Crippen MR) is 145 cm³/mol. The fraction of sp³-hybridized carbons (Fsp3) is 0.357. The van der Waals surface area contributed by atoms with Crippen LogP contribution in [0.1, 0.15) is 71.8 Å². The lowest BCUT2D eigenvalue weighted by atomic mass is 10.1. The molecule has 0 aliphatic carbocycles. The first-order valence-corrected chi connectivity index (χ1v) is 13.4. The number of ether oxygens (including phenoxy) is 1. The number of carbonyl (C=O) groups excluding carboxylic acids is 1. The van der Waals surface area contributed by atoms with Gasteiger partial charge in [-0.3, -0.25) is 4.79 Å².